The van der Waals surface area contributed by atoms with Gasteiger partial charge in [-0.3, -0.25) is 14.4 Å². The normalized spacial score (nSPS) is 11.8. The highest BCUT2D eigenvalue weighted by atomic mass is 16.5. The van der Waals surface area contributed by atoms with E-state index in [1.807, 2.05) is 66.7 Å². The Balaban J connectivity index is 0.000000208. The molecule has 0 aliphatic rings. The van der Waals surface area contributed by atoms with Crippen molar-refractivity contribution in [1.82, 2.24) is 0 Å². The molecule has 0 radical (unpaired) electrons. The number of rotatable bonds is 10. The van der Waals surface area contributed by atoms with Crippen LogP contribution in [-0.4, -0.2) is 29.1 Å². The lowest BCUT2D eigenvalue weighted by Crippen LogP contribution is -2.20. The Kier molecular flexibility index (Phi) is 10.6. The summed E-state index contributed by atoms with van der Waals surface area (Å²) in [6, 6.07) is 44.9. The number of aliphatic hydroxyl groups is 1. The number of benzene rings is 5. The van der Waals surface area contributed by atoms with Gasteiger partial charge < -0.3 is 9.84 Å². The van der Waals surface area contributed by atoms with Crippen molar-refractivity contribution in [2.24, 2.45) is 0 Å². The molecule has 5 rings (SSSR count). The Hall–Kier alpha value is -4.97. The first kappa shape index (κ1) is 29.0. The van der Waals surface area contributed by atoms with Gasteiger partial charge in [0.05, 0.1) is 0 Å². The molecule has 5 heteroatoms. The van der Waals surface area contributed by atoms with Crippen LogP contribution in [0.1, 0.15) is 54.4 Å². The molecule has 0 aromatic heterocycles. The van der Waals surface area contributed by atoms with Crippen molar-refractivity contribution in [1.29, 1.82) is 0 Å². The molecule has 2 atom stereocenters. The fourth-order valence-corrected chi connectivity index (χ4v) is 4.12. The van der Waals surface area contributed by atoms with Crippen LogP contribution in [0.15, 0.2) is 152 Å². The molecule has 0 fully saturated rings. The molecule has 0 aliphatic carbocycles. The van der Waals surface area contributed by atoms with Crippen LogP contribution >= 0.6 is 0 Å². The lowest BCUT2D eigenvalue weighted by Gasteiger charge is -2.17. The third-order valence-corrected chi connectivity index (χ3v) is 6.30. The number of carbonyl (C=O) groups excluding carboxylic acids is 3. The zero-order valence-corrected chi connectivity index (χ0v) is 22.4. The fourth-order valence-electron chi connectivity index (χ4n) is 4.12. The standard InChI is InChI=1S/C22H18O3.C14H12O2/c23-20(17-10-4-1-5-11-17)16-25-22(19-14-8-3-9-15-19)21(24)18-12-6-2-7-13-18;15-13(11-7-3-1-4-8-11)14(16)12-9-5-2-6-10-12/h1-15,22H,16H2;1-10,13,15H. The summed E-state index contributed by atoms with van der Waals surface area (Å²) in [7, 11) is 0. The third-order valence-electron chi connectivity index (χ3n) is 6.30. The molecular formula is C36H30O5. The molecular weight excluding hydrogens is 512 g/mol. The Morgan fingerprint density at radius 3 is 1.32 bits per heavy atom. The highest BCUT2D eigenvalue weighted by Gasteiger charge is 2.24. The predicted octanol–water partition coefficient (Wildman–Crippen LogP) is 7.11. The predicted molar refractivity (Wildman–Crippen MR) is 159 cm³/mol. The number of ketones is 3. The van der Waals surface area contributed by atoms with Gasteiger partial charge in [-0.15, -0.1) is 0 Å². The maximum absolute atomic E-state index is 12.9. The van der Waals surface area contributed by atoms with Gasteiger partial charge in [-0.1, -0.05) is 152 Å². The van der Waals surface area contributed by atoms with E-state index in [1.54, 1.807) is 84.9 Å². The minimum absolute atomic E-state index is 0.151. The second kappa shape index (κ2) is 15.0. The summed E-state index contributed by atoms with van der Waals surface area (Å²) >= 11 is 0. The van der Waals surface area contributed by atoms with Crippen LogP contribution < -0.4 is 0 Å². The largest absolute Gasteiger partial charge is 0.380 e. The summed E-state index contributed by atoms with van der Waals surface area (Å²) in [6.45, 7) is -0.151. The van der Waals surface area contributed by atoms with Gasteiger partial charge in [-0.05, 0) is 11.1 Å². The first-order valence-corrected chi connectivity index (χ1v) is 13.2. The molecule has 5 aromatic carbocycles. The van der Waals surface area contributed by atoms with Crippen molar-refractivity contribution in [3.8, 4) is 0 Å². The second-order valence-corrected chi connectivity index (χ2v) is 9.16. The van der Waals surface area contributed by atoms with Crippen molar-refractivity contribution in [2.45, 2.75) is 12.2 Å². The first-order chi connectivity index (χ1) is 20.0. The molecule has 204 valence electrons. The molecule has 0 bridgehead atoms. The summed E-state index contributed by atoms with van der Waals surface area (Å²) < 4.78 is 5.76. The van der Waals surface area contributed by atoms with Crippen molar-refractivity contribution >= 4 is 17.3 Å². The smallest absolute Gasteiger partial charge is 0.196 e. The van der Waals surface area contributed by atoms with Crippen LogP contribution in [0.25, 0.3) is 0 Å². The van der Waals surface area contributed by atoms with E-state index >= 15 is 0 Å². The minimum Gasteiger partial charge on any atom is -0.380 e. The maximum atomic E-state index is 12.9. The fraction of sp³-hybridized carbons (Fsp3) is 0.0833. The lowest BCUT2D eigenvalue weighted by atomic mass is 10.00. The van der Waals surface area contributed by atoms with Crippen molar-refractivity contribution in [3.63, 3.8) is 0 Å². The Morgan fingerprint density at radius 2 is 0.854 bits per heavy atom. The van der Waals surface area contributed by atoms with E-state index in [0.717, 1.165) is 5.56 Å². The number of aliphatic hydroxyl groups excluding tert-OH is 1. The van der Waals surface area contributed by atoms with E-state index in [1.165, 1.54) is 0 Å². The highest BCUT2D eigenvalue weighted by Crippen LogP contribution is 2.23. The van der Waals surface area contributed by atoms with Gasteiger partial charge in [0.1, 0.15) is 18.8 Å². The zero-order valence-electron chi connectivity index (χ0n) is 22.4. The average molecular weight is 543 g/mol. The van der Waals surface area contributed by atoms with E-state index in [0.29, 0.717) is 22.3 Å². The van der Waals surface area contributed by atoms with Crippen LogP contribution in [0.5, 0.6) is 0 Å². The Bertz CT molecular complexity index is 1520. The number of Topliss-reactive ketones (excluding diaryl/α,β-unsaturated/α-hetero) is 3. The van der Waals surface area contributed by atoms with Crippen molar-refractivity contribution in [2.75, 3.05) is 6.61 Å². The van der Waals surface area contributed by atoms with Gasteiger partial charge in [0.25, 0.3) is 0 Å². The molecule has 5 nitrogen and oxygen atoms in total. The topological polar surface area (TPSA) is 80.7 Å². The quantitative estimate of drug-likeness (QED) is 0.190. The second-order valence-electron chi connectivity index (χ2n) is 9.16. The lowest BCUT2D eigenvalue weighted by molar-refractivity contribution is 0.0387. The number of hydrogen-bond acceptors (Lipinski definition) is 5. The minimum atomic E-state index is -1.08. The molecule has 41 heavy (non-hydrogen) atoms. The molecule has 0 heterocycles. The van der Waals surface area contributed by atoms with Gasteiger partial charge in [0.2, 0.25) is 0 Å². The van der Waals surface area contributed by atoms with E-state index in [2.05, 4.69) is 0 Å². The van der Waals surface area contributed by atoms with Gasteiger partial charge in [-0.2, -0.15) is 0 Å². The molecule has 2 unspecified atom stereocenters. The molecule has 0 aliphatic heterocycles. The zero-order chi connectivity index (χ0) is 28.9. The average Bonchev–Trinajstić information content (AvgIpc) is 3.06. The highest BCUT2D eigenvalue weighted by molar-refractivity contribution is 6.01. The third kappa shape index (κ3) is 8.26. The van der Waals surface area contributed by atoms with Crippen molar-refractivity contribution in [3.05, 3.63) is 179 Å². The van der Waals surface area contributed by atoms with Crippen LogP contribution in [0.2, 0.25) is 0 Å². The monoisotopic (exact) mass is 542 g/mol. The number of carbonyl (C=O) groups is 3. The van der Waals surface area contributed by atoms with Crippen molar-refractivity contribution < 1.29 is 24.2 Å². The van der Waals surface area contributed by atoms with Gasteiger partial charge in [0.15, 0.2) is 17.3 Å². The summed E-state index contributed by atoms with van der Waals surface area (Å²) in [5.74, 6) is -0.582. The molecule has 0 saturated carbocycles. The summed E-state index contributed by atoms with van der Waals surface area (Å²) in [4.78, 5) is 37.1. The van der Waals surface area contributed by atoms with Gasteiger partial charge >= 0.3 is 0 Å². The van der Waals surface area contributed by atoms with Crippen LogP contribution in [0, 0.1) is 0 Å². The summed E-state index contributed by atoms with van der Waals surface area (Å²) in [5, 5.41) is 9.89. The number of hydrogen-bond donors (Lipinski definition) is 1. The van der Waals surface area contributed by atoms with E-state index in [9.17, 15) is 19.5 Å². The SMILES string of the molecule is O=C(COC(C(=O)c1ccccc1)c1ccccc1)c1ccccc1.O=C(c1ccccc1)C(O)c1ccccc1. The van der Waals surface area contributed by atoms with Crippen LogP contribution in [0.4, 0.5) is 0 Å². The molecule has 1 N–H and O–H groups in total. The first-order valence-electron chi connectivity index (χ1n) is 13.2. The summed E-state index contributed by atoms with van der Waals surface area (Å²) in [6.07, 6.45) is -1.89. The summed E-state index contributed by atoms with van der Waals surface area (Å²) in [5.41, 5.74) is 3.01. The van der Waals surface area contributed by atoms with E-state index in [-0.39, 0.29) is 24.0 Å². The Labute approximate surface area is 239 Å². The Morgan fingerprint density at radius 1 is 0.488 bits per heavy atom. The van der Waals surface area contributed by atoms with E-state index < -0.39 is 12.2 Å². The molecule has 0 saturated heterocycles. The van der Waals surface area contributed by atoms with E-state index in [4.69, 9.17) is 4.74 Å². The molecule has 5 aromatic rings. The molecule has 0 amide bonds. The van der Waals surface area contributed by atoms with Gasteiger partial charge in [-0.25, -0.2) is 0 Å². The number of ether oxygens (including phenoxy) is 1. The van der Waals surface area contributed by atoms with Crippen LogP contribution in [-0.2, 0) is 4.74 Å². The maximum Gasteiger partial charge on any atom is 0.196 e. The van der Waals surface area contributed by atoms with Crippen LogP contribution in [0.3, 0.4) is 0 Å². The molecule has 0 spiro atoms. The van der Waals surface area contributed by atoms with Gasteiger partial charge in [0, 0.05) is 16.7 Å².